The van der Waals surface area contributed by atoms with Gasteiger partial charge in [0, 0.05) is 11.6 Å². The first-order valence-electron chi connectivity index (χ1n) is 4.46. The van der Waals surface area contributed by atoms with Gasteiger partial charge in [-0.1, -0.05) is 13.0 Å². The number of ether oxygens (including phenoxy) is 1. The van der Waals surface area contributed by atoms with Crippen LogP contribution in [0.4, 0.5) is 5.69 Å². The maximum atomic E-state index is 11.3. The molecule has 5 heteroatoms. The highest BCUT2D eigenvalue weighted by atomic mass is 16.6. The fourth-order valence-corrected chi connectivity index (χ4v) is 1.42. The number of nitrogens with zero attached hydrogens (tertiary/aromatic N) is 1. The van der Waals surface area contributed by atoms with Crippen molar-refractivity contribution in [1.82, 2.24) is 0 Å². The minimum Gasteiger partial charge on any atom is -0.465 e. The summed E-state index contributed by atoms with van der Waals surface area (Å²) in [6.45, 7) is 1.76. The van der Waals surface area contributed by atoms with E-state index in [9.17, 15) is 14.9 Å². The lowest BCUT2D eigenvalue weighted by Gasteiger charge is -2.05. The van der Waals surface area contributed by atoms with Crippen LogP contribution in [0.25, 0.3) is 0 Å². The minimum absolute atomic E-state index is 0.0413. The van der Waals surface area contributed by atoms with Gasteiger partial charge in [-0.25, -0.2) is 4.79 Å². The van der Waals surface area contributed by atoms with E-state index in [4.69, 9.17) is 0 Å². The van der Waals surface area contributed by atoms with Crippen LogP contribution in [-0.2, 0) is 11.2 Å². The van der Waals surface area contributed by atoms with Crippen molar-refractivity contribution in [3.63, 3.8) is 0 Å². The van der Waals surface area contributed by atoms with E-state index < -0.39 is 10.9 Å². The molecular formula is C10H11NO4. The topological polar surface area (TPSA) is 69.4 Å². The molecule has 0 aliphatic heterocycles. The molecule has 0 heterocycles. The molecule has 0 spiro atoms. The van der Waals surface area contributed by atoms with Crippen molar-refractivity contribution in [2.75, 3.05) is 7.11 Å². The number of nitro groups is 1. The largest absolute Gasteiger partial charge is 0.465 e. The van der Waals surface area contributed by atoms with Gasteiger partial charge in [-0.15, -0.1) is 0 Å². The SMILES string of the molecule is CCc1c(C(=O)OC)cccc1[N+](=O)[O-]. The van der Waals surface area contributed by atoms with E-state index in [0.717, 1.165) is 0 Å². The van der Waals surface area contributed by atoms with Crippen LogP contribution < -0.4 is 0 Å². The van der Waals surface area contributed by atoms with Gasteiger partial charge in [-0.3, -0.25) is 10.1 Å². The van der Waals surface area contributed by atoms with Gasteiger partial charge in [0.2, 0.25) is 0 Å². The molecule has 5 nitrogen and oxygen atoms in total. The molecule has 1 rings (SSSR count). The van der Waals surface area contributed by atoms with E-state index in [1.54, 1.807) is 6.92 Å². The van der Waals surface area contributed by atoms with Crippen molar-refractivity contribution >= 4 is 11.7 Å². The van der Waals surface area contributed by atoms with Crippen molar-refractivity contribution in [2.24, 2.45) is 0 Å². The first-order valence-corrected chi connectivity index (χ1v) is 4.46. The Balaban J connectivity index is 3.34. The lowest BCUT2D eigenvalue weighted by Crippen LogP contribution is -2.07. The van der Waals surface area contributed by atoms with Gasteiger partial charge in [0.25, 0.3) is 5.69 Å². The summed E-state index contributed by atoms with van der Waals surface area (Å²) in [5, 5.41) is 10.7. The molecule has 0 unspecified atom stereocenters. The number of methoxy groups -OCH3 is 1. The van der Waals surface area contributed by atoms with Crippen molar-refractivity contribution in [1.29, 1.82) is 0 Å². The number of benzene rings is 1. The first-order chi connectivity index (χ1) is 7.11. The predicted molar refractivity (Wildman–Crippen MR) is 53.8 cm³/mol. The monoisotopic (exact) mass is 209 g/mol. The zero-order chi connectivity index (χ0) is 11.4. The van der Waals surface area contributed by atoms with Gasteiger partial charge in [-0.05, 0) is 12.5 Å². The van der Waals surface area contributed by atoms with Crippen molar-refractivity contribution in [3.8, 4) is 0 Å². The Bertz CT molecular complexity index is 400. The van der Waals surface area contributed by atoms with Crippen LogP contribution in [0.2, 0.25) is 0 Å². The van der Waals surface area contributed by atoms with Crippen LogP contribution in [0.15, 0.2) is 18.2 Å². The van der Waals surface area contributed by atoms with Gasteiger partial charge < -0.3 is 4.74 Å². The van der Waals surface area contributed by atoms with Crippen LogP contribution >= 0.6 is 0 Å². The number of carbonyl (C=O) groups excluding carboxylic acids is 1. The molecule has 0 saturated heterocycles. The third-order valence-corrected chi connectivity index (χ3v) is 2.11. The van der Waals surface area contributed by atoms with Crippen LogP contribution in [0.5, 0.6) is 0 Å². The van der Waals surface area contributed by atoms with Gasteiger partial charge in [0.15, 0.2) is 0 Å². The van der Waals surface area contributed by atoms with Gasteiger partial charge >= 0.3 is 5.97 Å². The maximum absolute atomic E-state index is 11.3. The molecular weight excluding hydrogens is 198 g/mol. The minimum atomic E-state index is -0.546. The molecule has 0 amide bonds. The van der Waals surface area contributed by atoms with Crippen molar-refractivity contribution in [3.05, 3.63) is 39.4 Å². The Morgan fingerprint density at radius 3 is 2.67 bits per heavy atom. The van der Waals surface area contributed by atoms with Crippen molar-refractivity contribution < 1.29 is 14.5 Å². The molecule has 0 bridgehead atoms. The number of carbonyl (C=O) groups is 1. The maximum Gasteiger partial charge on any atom is 0.338 e. The summed E-state index contributed by atoms with van der Waals surface area (Å²) in [5.41, 5.74) is 0.629. The summed E-state index contributed by atoms with van der Waals surface area (Å²) in [6.07, 6.45) is 0.418. The third-order valence-electron chi connectivity index (χ3n) is 2.11. The fourth-order valence-electron chi connectivity index (χ4n) is 1.42. The Morgan fingerprint density at radius 1 is 1.53 bits per heavy atom. The Morgan fingerprint density at radius 2 is 2.20 bits per heavy atom. The Labute approximate surface area is 86.8 Å². The van der Waals surface area contributed by atoms with E-state index in [1.807, 2.05) is 0 Å². The number of hydrogen-bond acceptors (Lipinski definition) is 4. The van der Waals surface area contributed by atoms with Gasteiger partial charge in [0.1, 0.15) is 0 Å². The second-order valence-electron chi connectivity index (χ2n) is 2.91. The van der Waals surface area contributed by atoms with Gasteiger partial charge in [-0.2, -0.15) is 0 Å². The quantitative estimate of drug-likeness (QED) is 0.433. The number of rotatable bonds is 3. The van der Waals surface area contributed by atoms with E-state index >= 15 is 0 Å². The normalized spacial score (nSPS) is 9.73. The first kappa shape index (κ1) is 11.2. The third kappa shape index (κ3) is 2.12. The smallest absolute Gasteiger partial charge is 0.338 e. The Hall–Kier alpha value is -1.91. The van der Waals surface area contributed by atoms with E-state index in [2.05, 4.69) is 4.74 Å². The lowest BCUT2D eigenvalue weighted by molar-refractivity contribution is -0.385. The highest BCUT2D eigenvalue weighted by Gasteiger charge is 2.19. The summed E-state index contributed by atoms with van der Waals surface area (Å²) in [5.74, 6) is -0.546. The molecule has 0 aliphatic carbocycles. The van der Waals surface area contributed by atoms with Crippen LogP contribution in [0.3, 0.4) is 0 Å². The second-order valence-corrected chi connectivity index (χ2v) is 2.91. The number of esters is 1. The molecule has 0 N–H and O–H groups in total. The highest BCUT2D eigenvalue weighted by molar-refractivity contribution is 5.92. The molecule has 0 fully saturated rings. The van der Waals surface area contributed by atoms with Crippen LogP contribution in [0, 0.1) is 10.1 Å². The Kier molecular flexibility index (Phi) is 3.38. The number of hydrogen-bond donors (Lipinski definition) is 0. The summed E-state index contributed by atoms with van der Waals surface area (Å²) >= 11 is 0. The molecule has 80 valence electrons. The zero-order valence-corrected chi connectivity index (χ0v) is 8.52. The standard InChI is InChI=1S/C10H11NO4/c1-3-7-8(10(12)15-2)5-4-6-9(7)11(13)14/h4-6H,3H2,1-2H3. The van der Waals surface area contributed by atoms with E-state index in [0.29, 0.717) is 12.0 Å². The number of nitro benzene ring substituents is 1. The summed E-state index contributed by atoms with van der Waals surface area (Å²) < 4.78 is 4.55. The average Bonchev–Trinajstić information content (AvgIpc) is 2.26. The molecule has 0 radical (unpaired) electrons. The van der Waals surface area contributed by atoms with Crippen LogP contribution in [-0.4, -0.2) is 18.0 Å². The van der Waals surface area contributed by atoms with Crippen LogP contribution in [0.1, 0.15) is 22.8 Å². The lowest BCUT2D eigenvalue weighted by atomic mass is 10.0. The molecule has 15 heavy (non-hydrogen) atoms. The average molecular weight is 209 g/mol. The predicted octanol–water partition coefficient (Wildman–Crippen LogP) is 1.94. The molecule has 0 saturated carbocycles. The van der Waals surface area contributed by atoms with E-state index in [1.165, 1.54) is 25.3 Å². The molecule has 1 aromatic carbocycles. The zero-order valence-electron chi connectivity index (χ0n) is 8.52. The van der Waals surface area contributed by atoms with Gasteiger partial charge in [0.05, 0.1) is 17.6 Å². The summed E-state index contributed by atoms with van der Waals surface area (Å²) in [7, 11) is 1.25. The summed E-state index contributed by atoms with van der Waals surface area (Å²) in [6, 6.07) is 4.38. The van der Waals surface area contributed by atoms with E-state index in [-0.39, 0.29) is 11.3 Å². The molecule has 0 aromatic heterocycles. The second kappa shape index (κ2) is 4.54. The molecule has 0 atom stereocenters. The molecule has 1 aromatic rings. The molecule has 0 aliphatic rings. The van der Waals surface area contributed by atoms with Crippen molar-refractivity contribution in [2.45, 2.75) is 13.3 Å². The summed E-state index contributed by atoms with van der Waals surface area (Å²) in [4.78, 5) is 21.5. The highest BCUT2D eigenvalue weighted by Crippen LogP contribution is 2.23. The fraction of sp³-hybridized carbons (Fsp3) is 0.300.